The molecule has 2 heterocycles. The van der Waals surface area contributed by atoms with E-state index in [2.05, 4.69) is 19.7 Å². The zero-order chi connectivity index (χ0) is 22.7. The predicted octanol–water partition coefficient (Wildman–Crippen LogP) is 3.64. The molecule has 0 unspecified atom stereocenters. The highest BCUT2D eigenvalue weighted by Gasteiger charge is 2.30. The average Bonchev–Trinajstić information content (AvgIpc) is 2.77. The molecule has 1 saturated carbocycles. The van der Waals surface area contributed by atoms with Gasteiger partial charge >= 0.3 is 0 Å². The largest absolute Gasteiger partial charge is 0.487 e. The Kier molecular flexibility index (Phi) is 6.17. The summed E-state index contributed by atoms with van der Waals surface area (Å²) in [6.07, 6.45) is 6.91. The van der Waals surface area contributed by atoms with E-state index in [1.165, 1.54) is 12.3 Å². The number of sulfonamides is 1. The van der Waals surface area contributed by atoms with E-state index in [9.17, 15) is 17.2 Å². The van der Waals surface area contributed by atoms with E-state index in [1.54, 1.807) is 12.3 Å². The fraction of sp³-hybridized carbons (Fsp3) is 0.286. The quantitative estimate of drug-likeness (QED) is 0.575. The van der Waals surface area contributed by atoms with Gasteiger partial charge < -0.3 is 10.5 Å². The van der Waals surface area contributed by atoms with Crippen LogP contribution in [0.2, 0.25) is 0 Å². The Hall–Kier alpha value is -3.34. The second-order valence-electron chi connectivity index (χ2n) is 7.47. The van der Waals surface area contributed by atoms with Gasteiger partial charge in [0.15, 0.2) is 11.6 Å². The number of pyridine rings is 1. The van der Waals surface area contributed by atoms with Gasteiger partial charge in [0.2, 0.25) is 0 Å². The van der Waals surface area contributed by atoms with Crippen molar-refractivity contribution in [2.45, 2.75) is 42.6 Å². The topological polar surface area (TPSA) is 120 Å². The van der Waals surface area contributed by atoms with Gasteiger partial charge in [-0.3, -0.25) is 4.72 Å². The molecule has 0 amide bonds. The van der Waals surface area contributed by atoms with Crippen LogP contribution in [0.3, 0.4) is 0 Å². The van der Waals surface area contributed by atoms with E-state index in [0.29, 0.717) is 18.3 Å². The molecule has 11 heteroatoms. The summed E-state index contributed by atoms with van der Waals surface area (Å²) in [5.41, 5.74) is 6.70. The molecule has 4 rings (SSSR count). The Labute approximate surface area is 183 Å². The van der Waals surface area contributed by atoms with Gasteiger partial charge in [-0.05, 0) is 43.0 Å². The molecule has 8 nitrogen and oxygen atoms in total. The van der Waals surface area contributed by atoms with Crippen molar-refractivity contribution >= 4 is 21.7 Å². The van der Waals surface area contributed by atoms with Gasteiger partial charge in [-0.2, -0.15) is 0 Å². The van der Waals surface area contributed by atoms with E-state index in [1.807, 2.05) is 6.07 Å². The first-order valence-electron chi connectivity index (χ1n) is 9.99. The number of anilines is 2. The van der Waals surface area contributed by atoms with Gasteiger partial charge in [0.05, 0.1) is 0 Å². The van der Waals surface area contributed by atoms with E-state index >= 15 is 0 Å². The normalized spacial score (nSPS) is 18.8. The van der Waals surface area contributed by atoms with Gasteiger partial charge in [0, 0.05) is 30.4 Å². The first-order chi connectivity index (χ1) is 15.3. The fourth-order valence-corrected chi connectivity index (χ4v) is 4.91. The fourth-order valence-electron chi connectivity index (χ4n) is 3.83. The Morgan fingerprint density at radius 1 is 1.03 bits per heavy atom. The van der Waals surface area contributed by atoms with Crippen molar-refractivity contribution in [2.24, 2.45) is 0 Å². The molecule has 1 aliphatic rings. The molecule has 32 heavy (non-hydrogen) atoms. The maximum atomic E-state index is 14.8. The van der Waals surface area contributed by atoms with E-state index in [0.717, 1.165) is 37.2 Å². The number of halogens is 2. The van der Waals surface area contributed by atoms with Crippen molar-refractivity contribution in [3.63, 3.8) is 0 Å². The molecule has 1 fully saturated rings. The maximum absolute atomic E-state index is 14.8. The molecular formula is C21H21F2N5O3S. The molecule has 0 saturated heterocycles. The lowest BCUT2D eigenvalue weighted by Crippen LogP contribution is -2.29. The molecule has 0 spiro atoms. The lowest BCUT2D eigenvalue weighted by atomic mass is 9.82. The Morgan fingerprint density at radius 2 is 1.84 bits per heavy atom. The summed E-state index contributed by atoms with van der Waals surface area (Å²) < 4.78 is 62.5. The van der Waals surface area contributed by atoms with Crippen LogP contribution < -0.4 is 15.2 Å². The molecule has 168 valence electrons. The van der Waals surface area contributed by atoms with Crippen molar-refractivity contribution < 1.29 is 21.9 Å². The number of aromatic nitrogens is 3. The van der Waals surface area contributed by atoms with Crippen LogP contribution in [-0.4, -0.2) is 29.5 Å². The minimum Gasteiger partial charge on any atom is -0.487 e. The smallest absolute Gasteiger partial charge is 0.266 e. The molecule has 0 radical (unpaired) electrons. The van der Waals surface area contributed by atoms with Gasteiger partial charge in [0.1, 0.15) is 34.8 Å². The monoisotopic (exact) mass is 461 g/mol. The summed E-state index contributed by atoms with van der Waals surface area (Å²) in [6, 6.07) is 6.23. The van der Waals surface area contributed by atoms with Crippen molar-refractivity contribution in [3.05, 3.63) is 66.3 Å². The minimum atomic E-state index is -4.41. The molecule has 1 aromatic carbocycles. The molecule has 2 atom stereocenters. The highest BCUT2D eigenvalue weighted by molar-refractivity contribution is 7.92. The van der Waals surface area contributed by atoms with Crippen LogP contribution in [0.4, 0.5) is 20.4 Å². The number of nitrogens with one attached hydrogen (secondary N) is 1. The third-order valence-corrected chi connectivity index (χ3v) is 6.68. The van der Waals surface area contributed by atoms with E-state index < -0.39 is 32.7 Å². The van der Waals surface area contributed by atoms with Gasteiger partial charge in [0.25, 0.3) is 10.0 Å². The minimum absolute atomic E-state index is 0.0678. The summed E-state index contributed by atoms with van der Waals surface area (Å²) in [7, 11) is -4.41. The van der Waals surface area contributed by atoms with Crippen LogP contribution in [0.25, 0.3) is 0 Å². The number of hydrogen-bond donors (Lipinski definition) is 2. The van der Waals surface area contributed by atoms with Crippen LogP contribution in [0.15, 0.2) is 53.9 Å². The zero-order valence-corrected chi connectivity index (χ0v) is 17.7. The van der Waals surface area contributed by atoms with Gasteiger partial charge in [-0.1, -0.05) is 6.42 Å². The van der Waals surface area contributed by atoms with Crippen LogP contribution in [-0.2, 0) is 10.0 Å². The van der Waals surface area contributed by atoms with E-state index in [4.69, 9.17) is 10.5 Å². The Morgan fingerprint density at radius 3 is 2.59 bits per heavy atom. The molecule has 3 aromatic rings. The predicted molar refractivity (Wildman–Crippen MR) is 113 cm³/mol. The highest BCUT2D eigenvalue weighted by atomic mass is 32.2. The van der Waals surface area contributed by atoms with Crippen molar-refractivity contribution in [1.29, 1.82) is 0 Å². The number of nitrogens with two attached hydrogens (primary N) is 1. The lowest BCUT2D eigenvalue weighted by molar-refractivity contribution is 0.124. The Balaban J connectivity index is 1.59. The summed E-state index contributed by atoms with van der Waals surface area (Å²) in [6.45, 7) is 0. The average molecular weight is 461 g/mol. The SMILES string of the molecule is Nc1cc([C@H]2CCCC[C@@H]2Oc2cc(F)c(S(=O)(=O)Nc3ccncn3)cc2F)ccn1. The molecular weight excluding hydrogens is 440 g/mol. The number of nitrogens with zero attached hydrogens (tertiary/aromatic N) is 3. The molecule has 3 N–H and O–H groups in total. The van der Waals surface area contributed by atoms with Crippen LogP contribution in [0.1, 0.15) is 37.2 Å². The van der Waals surface area contributed by atoms with Gasteiger partial charge in [-0.15, -0.1) is 0 Å². The first-order valence-corrected chi connectivity index (χ1v) is 11.5. The maximum Gasteiger partial charge on any atom is 0.266 e. The summed E-state index contributed by atoms with van der Waals surface area (Å²) in [5.74, 6) is -2.23. The summed E-state index contributed by atoms with van der Waals surface area (Å²) >= 11 is 0. The zero-order valence-electron chi connectivity index (χ0n) is 16.9. The standard InChI is InChI=1S/C21H21F2N5O3S/c22-15-11-19(32(29,30)28-21-6-7-25-12-27-21)16(23)10-18(15)31-17-4-2-1-3-14(17)13-5-8-26-20(24)9-13/h5-12,14,17H,1-4H2,(H2,24,26)(H,25,27,28)/t14-,17+/m1/s1. The molecule has 0 bridgehead atoms. The number of benzene rings is 1. The highest BCUT2D eigenvalue weighted by Crippen LogP contribution is 2.37. The van der Waals surface area contributed by atoms with Crippen molar-refractivity contribution in [2.75, 3.05) is 10.5 Å². The van der Waals surface area contributed by atoms with Crippen LogP contribution in [0.5, 0.6) is 5.75 Å². The first kappa shape index (κ1) is 21.9. The summed E-state index contributed by atoms with van der Waals surface area (Å²) in [4.78, 5) is 10.5. The van der Waals surface area contributed by atoms with Crippen LogP contribution in [0, 0.1) is 11.6 Å². The van der Waals surface area contributed by atoms with Crippen molar-refractivity contribution in [1.82, 2.24) is 15.0 Å². The molecule has 0 aliphatic heterocycles. The number of rotatable bonds is 6. The second kappa shape index (κ2) is 9.03. The van der Waals surface area contributed by atoms with Gasteiger partial charge in [-0.25, -0.2) is 32.2 Å². The van der Waals surface area contributed by atoms with Crippen molar-refractivity contribution in [3.8, 4) is 5.75 Å². The Bertz CT molecular complexity index is 1210. The van der Waals surface area contributed by atoms with Crippen LogP contribution >= 0.6 is 0 Å². The molecule has 1 aliphatic carbocycles. The number of nitrogen functional groups attached to an aromatic ring is 1. The second-order valence-corrected chi connectivity index (χ2v) is 9.13. The molecule has 2 aromatic heterocycles. The number of hydrogen-bond acceptors (Lipinski definition) is 7. The number of ether oxygens (including phenoxy) is 1. The summed E-state index contributed by atoms with van der Waals surface area (Å²) in [5, 5.41) is 0. The lowest BCUT2D eigenvalue weighted by Gasteiger charge is -2.32. The van der Waals surface area contributed by atoms with E-state index in [-0.39, 0.29) is 17.5 Å². The third-order valence-electron chi connectivity index (χ3n) is 5.31. The third kappa shape index (κ3) is 4.77.